The molecule has 0 spiro atoms. The molecule has 0 radical (unpaired) electrons. The van der Waals surface area contributed by atoms with Gasteiger partial charge in [-0.1, -0.05) is 35.1 Å². The van der Waals surface area contributed by atoms with Gasteiger partial charge in [-0.3, -0.25) is 14.7 Å². The van der Waals surface area contributed by atoms with E-state index in [0.717, 1.165) is 10.4 Å². The highest BCUT2D eigenvalue weighted by Crippen LogP contribution is 2.34. The van der Waals surface area contributed by atoms with E-state index in [4.69, 9.17) is 16.0 Å². The van der Waals surface area contributed by atoms with Gasteiger partial charge in [-0.2, -0.15) is 0 Å². The normalized spacial score (nSPS) is 11.0. The maximum atomic E-state index is 13.0. The molecule has 3 heterocycles. The van der Waals surface area contributed by atoms with Crippen molar-refractivity contribution in [3.05, 3.63) is 75.9 Å². The maximum Gasteiger partial charge on any atom is 0.296 e. The molecule has 0 aliphatic carbocycles. The lowest BCUT2D eigenvalue weighted by Gasteiger charge is -2.18. The molecule has 0 aliphatic rings. The Morgan fingerprint density at radius 3 is 2.77 bits per heavy atom. The number of hydrogen-bond acceptors (Lipinski definition) is 5. The van der Waals surface area contributed by atoms with Crippen LogP contribution in [0.3, 0.4) is 0 Å². The van der Waals surface area contributed by atoms with Crippen molar-refractivity contribution >= 4 is 60.1 Å². The van der Waals surface area contributed by atoms with E-state index >= 15 is 0 Å². The first-order valence-corrected chi connectivity index (χ1v) is 9.63. The minimum atomic E-state index is -0.295. The number of aromatic nitrogens is 2. The number of nitrogens with zero attached hydrogens (tertiary/aromatic N) is 3. The number of hydrogen-bond donors (Lipinski definition) is 0. The Balaban J connectivity index is 1.78. The molecule has 4 aromatic rings. The van der Waals surface area contributed by atoms with E-state index in [-0.39, 0.29) is 18.2 Å². The standard InChI is InChI=1S/C18H11BrClN3O2S/c19-15-8-7-13(25-15)17(24)23(10-11-4-1-2-9-21-11)18-22-16-12(20)5-3-6-14(16)26-18/h1-9H,10H2. The van der Waals surface area contributed by atoms with Crippen LogP contribution >= 0.6 is 38.9 Å². The highest BCUT2D eigenvalue weighted by atomic mass is 79.9. The van der Waals surface area contributed by atoms with Crippen LogP contribution < -0.4 is 4.90 Å². The lowest BCUT2D eigenvalue weighted by atomic mass is 10.3. The SMILES string of the molecule is O=C(c1ccc(Br)o1)N(Cc1ccccn1)c1nc2c(Cl)cccc2s1. The molecule has 3 aromatic heterocycles. The Morgan fingerprint density at radius 2 is 2.08 bits per heavy atom. The van der Waals surface area contributed by atoms with Gasteiger partial charge < -0.3 is 4.42 Å². The van der Waals surface area contributed by atoms with Crippen molar-refractivity contribution in [3.8, 4) is 0 Å². The van der Waals surface area contributed by atoms with Crippen LogP contribution in [0.25, 0.3) is 10.2 Å². The van der Waals surface area contributed by atoms with Crippen molar-refractivity contribution in [2.75, 3.05) is 4.90 Å². The Morgan fingerprint density at radius 1 is 1.19 bits per heavy atom. The summed E-state index contributed by atoms with van der Waals surface area (Å²) in [6.07, 6.45) is 1.69. The summed E-state index contributed by atoms with van der Waals surface area (Å²) in [4.78, 5) is 23.5. The average Bonchev–Trinajstić information content (AvgIpc) is 3.27. The Labute approximate surface area is 166 Å². The number of thiazole rings is 1. The predicted molar refractivity (Wildman–Crippen MR) is 106 cm³/mol. The minimum absolute atomic E-state index is 0.221. The highest BCUT2D eigenvalue weighted by molar-refractivity contribution is 9.10. The largest absolute Gasteiger partial charge is 0.444 e. The van der Waals surface area contributed by atoms with Gasteiger partial charge in [-0.05, 0) is 52.3 Å². The van der Waals surface area contributed by atoms with E-state index < -0.39 is 0 Å². The summed E-state index contributed by atoms with van der Waals surface area (Å²) in [5, 5.41) is 1.09. The predicted octanol–water partition coefficient (Wildman–Crippen LogP) is 5.55. The smallest absolute Gasteiger partial charge is 0.296 e. The van der Waals surface area contributed by atoms with Gasteiger partial charge in [-0.15, -0.1) is 0 Å². The number of benzene rings is 1. The zero-order chi connectivity index (χ0) is 18.1. The van der Waals surface area contributed by atoms with Gasteiger partial charge in [-0.25, -0.2) is 4.98 Å². The van der Waals surface area contributed by atoms with Gasteiger partial charge in [0.15, 0.2) is 15.6 Å². The van der Waals surface area contributed by atoms with Gasteiger partial charge in [0.05, 0.1) is 22.0 Å². The third-order valence-electron chi connectivity index (χ3n) is 3.66. The molecule has 0 fully saturated rings. The van der Waals surface area contributed by atoms with Crippen molar-refractivity contribution in [1.82, 2.24) is 9.97 Å². The molecule has 0 aliphatic heterocycles. The van der Waals surface area contributed by atoms with Crippen molar-refractivity contribution in [2.45, 2.75) is 6.54 Å². The number of carbonyl (C=O) groups excluding carboxylic acids is 1. The van der Waals surface area contributed by atoms with Crippen molar-refractivity contribution in [3.63, 3.8) is 0 Å². The number of halogens is 2. The molecule has 0 saturated carbocycles. The van der Waals surface area contributed by atoms with Gasteiger partial charge >= 0.3 is 0 Å². The molecule has 0 unspecified atom stereocenters. The van der Waals surface area contributed by atoms with E-state index in [1.54, 1.807) is 29.3 Å². The molecule has 4 rings (SSSR count). The molecule has 0 N–H and O–H groups in total. The summed E-state index contributed by atoms with van der Waals surface area (Å²) in [6.45, 7) is 0.273. The number of para-hydroxylation sites is 1. The molecule has 0 bridgehead atoms. The minimum Gasteiger partial charge on any atom is -0.444 e. The summed E-state index contributed by atoms with van der Waals surface area (Å²) in [5.74, 6) is -0.0744. The summed E-state index contributed by atoms with van der Waals surface area (Å²) in [7, 11) is 0. The first-order valence-electron chi connectivity index (χ1n) is 7.64. The molecule has 0 saturated heterocycles. The van der Waals surface area contributed by atoms with E-state index in [1.807, 2.05) is 30.3 Å². The molecule has 1 aromatic carbocycles. The number of furan rings is 1. The number of anilines is 1. The summed E-state index contributed by atoms with van der Waals surface area (Å²) in [6, 6.07) is 14.4. The third-order valence-corrected chi connectivity index (χ3v) is 5.44. The average molecular weight is 449 g/mol. The fourth-order valence-electron chi connectivity index (χ4n) is 2.46. The Kier molecular flexibility index (Phi) is 4.76. The monoisotopic (exact) mass is 447 g/mol. The molecule has 130 valence electrons. The van der Waals surface area contributed by atoms with Crippen molar-refractivity contribution < 1.29 is 9.21 Å². The third kappa shape index (κ3) is 3.38. The van der Waals surface area contributed by atoms with Crippen LogP contribution in [0.1, 0.15) is 16.2 Å². The van der Waals surface area contributed by atoms with Gasteiger partial charge in [0, 0.05) is 6.20 Å². The number of rotatable bonds is 4. The van der Waals surface area contributed by atoms with Crippen LogP contribution in [0.2, 0.25) is 5.02 Å². The zero-order valence-electron chi connectivity index (χ0n) is 13.2. The van der Waals surface area contributed by atoms with Crippen molar-refractivity contribution in [2.24, 2.45) is 0 Å². The number of carbonyl (C=O) groups is 1. The number of amides is 1. The lowest BCUT2D eigenvalue weighted by molar-refractivity contribution is 0.0957. The molecular formula is C18H11BrClN3O2S. The summed E-state index contributed by atoms with van der Waals surface area (Å²) < 4.78 is 6.84. The Bertz CT molecular complexity index is 1080. The number of pyridine rings is 1. The maximum absolute atomic E-state index is 13.0. The van der Waals surface area contributed by atoms with Crippen LogP contribution in [0.4, 0.5) is 5.13 Å². The molecule has 8 heteroatoms. The second kappa shape index (κ2) is 7.19. The second-order valence-corrected chi connectivity index (χ2v) is 7.60. The van der Waals surface area contributed by atoms with Gasteiger partial charge in [0.2, 0.25) is 0 Å². The summed E-state index contributed by atoms with van der Waals surface area (Å²) in [5.41, 5.74) is 1.42. The van der Waals surface area contributed by atoms with Gasteiger partial charge in [0.1, 0.15) is 5.52 Å². The van der Waals surface area contributed by atoms with E-state index in [9.17, 15) is 4.79 Å². The molecular weight excluding hydrogens is 438 g/mol. The first-order chi connectivity index (χ1) is 12.6. The molecule has 0 atom stereocenters. The van der Waals surface area contributed by atoms with Gasteiger partial charge in [0.25, 0.3) is 5.91 Å². The number of fused-ring (bicyclic) bond motifs is 1. The summed E-state index contributed by atoms with van der Waals surface area (Å²) >= 11 is 10.9. The van der Waals surface area contributed by atoms with Crippen LogP contribution in [-0.4, -0.2) is 15.9 Å². The van der Waals surface area contributed by atoms with E-state index in [2.05, 4.69) is 25.9 Å². The van der Waals surface area contributed by atoms with Crippen LogP contribution in [-0.2, 0) is 6.54 Å². The zero-order valence-corrected chi connectivity index (χ0v) is 16.4. The van der Waals surface area contributed by atoms with Crippen LogP contribution in [0, 0.1) is 0 Å². The fourth-order valence-corrected chi connectivity index (χ4v) is 4.03. The first kappa shape index (κ1) is 17.2. The van der Waals surface area contributed by atoms with E-state index in [1.165, 1.54) is 11.3 Å². The van der Waals surface area contributed by atoms with Crippen LogP contribution in [0.5, 0.6) is 0 Å². The topological polar surface area (TPSA) is 59.2 Å². The molecule has 5 nitrogen and oxygen atoms in total. The van der Waals surface area contributed by atoms with E-state index in [0.29, 0.717) is 20.3 Å². The fraction of sp³-hybridized carbons (Fsp3) is 0.0556. The Hall–Kier alpha value is -2.22. The lowest BCUT2D eigenvalue weighted by Crippen LogP contribution is -2.30. The molecule has 26 heavy (non-hydrogen) atoms. The highest BCUT2D eigenvalue weighted by Gasteiger charge is 2.25. The van der Waals surface area contributed by atoms with Crippen LogP contribution in [0.15, 0.2) is 63.8 Å². The quantitative estimate of drug-likeness (QED) is 0.411. The molecule has 1 amide bonds. The second-order valence-electron chi connectivity index (χ2n) is 5.40. The van der Waals surface area contributed by atoms with Crippen molar-refractivity contribution in [1.29, 1.82) is 0 Å².